The first-order valence-corrected chi connectivity index (χ1v) is 5.14. The van der Waals surface area contributed by atoms with Gasteiger partial charge in [0.1, 0.15) is 5.76 Å². The summed E-state index contributed by atoms with van der Waals surface area (Å²) >= 11 is 0. The van der Waals surface area contributed by atoms with Gasteiger partial charge in [0.15, 0.2) is 0 Å². The number of aryl methyl sites for hydroxylation is 1. The fraction of sp³-hybridized carbons (Fsp3) is 0.429. The number of nitrogens with zero attached hydrogens (tertiary/aromatic N) is 1. The zero-order chi connectivity index (χ0) is 8.48. The van der Waals surface area contributed by atoms with Crippen molar-refractivity contribution in [2.24, 2.45) is 4.36 Å². The highest BCUT2D eigenvalue weighted by Gasteiger charge is 2.09. The normalized spacial score (nSPS) is 15.9. The van der Waals surface area contributed by atoms with Crippen LogP contribution in [0, 0.1) is 6.92 Å². The van der Waals surface area contributed by atoms with Crippen LogP contribution in [0.1, 0.15) is 5.76 Å². The van der Waals surface area contributed by atoms with E-state index in [9.17, 15) is 4.21 Å². The molecule has 0 aliphatic rings. The SMILES string of the molecule is CN=[S@@](C)(=O)c1ccoc1C. The van der Waals surface area contributed by atoms with E-state index in [4.69, 9.17) is 4.42 Å². The molecule has 0 spiro atoms. The van der Waals surface area contributed by atoms with E-state index < -0.39 is 9.73 Å². The molecular formula is C7H11NO2S. The van der Waals surface area contributed by atoms with Gasteiger partial charge >= 0.3 is 0 Å². The first-order valence-electron chi connectivity index (χ1n) is 3.22. The van der Waals surface area contributed by atoms with Crippen LogP contribution < -0.4 is 0 Å². The van der Waals surface area contributed by atoms with Gasteiger partial charge in [-0.25, -0.2) is 8.57 Å². The van der Waals surface area contributed by atoms with Crippen molar-refractivity contribution < 1.29 is 8.63 Å². The molecule has 0 N–H and O–H groups in total. The Kier molecular flexibility index (Phi) is 2.04. The topological polar surface area (TPSA) is 42.6 Å². The Bertz CT molecular complexity index is 358. The predicted octanol–water partition coefficient (Wildman–Crippen LogP) is 1.67. The fourth-order valence-corrected chi connectivity index (χ4v) is 1.95. The van der Waals surface area contributed by atoms with Crippen molar-refractivity contribution >= 4 is 9.73 Å². The van der Waals surface area contributed by atoms with Crippen molar-refractivity contribution in [3.05, 3.63) is 18.1 Å². The Morgan fingerprint density at radius 3 is 2.64 bits per heavy atom. The first kappa shape index (κ1) is 8.33. The molecular weight excluding hydrogens is 162 g/mol. The van der Waals surface area contributed by atoms with E-state index in [-0.39, 0.29) is 0 Å². The molecule has 0 aromatic carbocycles. The highest BCUT2D eigenvalue weighted by molar-refractivity contribution is 7.93. The standard InChI is InChI=1S/C7H11NO2S/c1-6-7(4-5-10-6)11(3,9)8-2/h4-5H,1-3H3/t11-/m0/s1. The molecule has 0 fully saturated rings. The van der Waals surface area contributed by atoms with Gasteiger partial charge in [-0.3, -0.25) is 0 Å². The number of rotatable bonds is 1. The average molecular weight is 173 g/mol. The van der Waals surface area contributed by atoms with Gasteiger partial charge < -0.3 is 4.42 Å². The molecule has 0 bridgehead atoms. The van der Waals surface area contributed by atoms with Crippen molar-refractivity contribution in [2.45, 2.75) is 11.8 Å². The smallest absolute Gasteiger partial charge is 0.117 e. The van der Waals surface area contributed by atoms with Crippen LogP contribution in [-0.4, -0.2) is 17.5 Å². The molecule has 0 unspecified atom stereocenters. The number of hydrogen-bond donors (Lipinski definition) is 0. The highest BCUT2D eigenvalue weighted by atomic mass is 32.2. The van der Waals surface area contributed by atoms with Crippen LogP contribution >= 0.6 is 0 Å². The Labute approximate surface area is 66.6 Å². The average Bonchev–Trinajstić information content (AvgIpc) is 2.36. The molecule has 0 saturated heterocycles. The van der Waals surface area contributed by atoms with Gasteiger partial charge in [-0.15, -0.1) is 0 Å². The summed E-state index contributed by atoms with van der Waals surface area (Å²) in [7, 11) is -0.654. The summed E-state index contributed by atoms with van der Waals surface area (Å²) in [5, 5.41) is 0. The molecule has 0 aliphatic heterocycles. The molecule has 1 aromatic heterocycles. The van der Waals surface area contributed by atoms with E-state index in [0.29, 0.717) is 10.7 Å². The van der Waals surface area contributed by atoms with Gasteiger partial charge in [-0.2, -0.15) is 0 Å². The molecule has 1 rings (SSSR count). The molecule has 1 aromatic rings. The maximum atomic E-state index is 11.6. The predicted molar refractivity (Wildman–Crippen MR) is 44.1 cm³/mol. The van der Waals surface area contributed by atoms with E-state index in [1.807, 2.05) is 0 Å². The monoisotopic (exact) mass is 173 g/mol. The van der Waals surface area contributed by atoms with E-state index in [2.05, 4.69) is 4.36 Å². The first-order chi connectivity index (χ1) is 5.08. The van der Waals surface area contributed by atoms with E-state index in [0.717, 1.165) is 0 Å². The lowest BCUT2D eigenvalue weighted by Gasteiger charge is -1.98. The minimum Gasteiger partial charge on any atom is -0.468 e. The molecule has 62 valence electrons. The lowest BCUT2D eigenvalue weighted by molar-refractivity contribution is 0.525. The Morgan fingerprint density at radius 2 is 2.27 bits per heavy atom. The van der Waals surface area contributed by atoms with Crippen LogP contribution in [0.25, 0.3) is 0 Å². The molecule has 1 atom stereocenters. The van der Waals surface area contributed by atoms with Crippen LogP contribution in [0.15, 0.2) is 26.0 Å². The van der Waals surface area contributed by atoms with Crippen molar-refractivity contribution in [3.8, 4) is 0 Å². The summed E-state index contributed by atoms with van der Waals surface area (Å²) in [6.07, 6.45) is 3.13. The molecule has 1 heterocycles. The van der Waals surface area contributed by atoms with Gasteiger partial charge in [0.25, 0.3) is 0 Å². The van der Waals surface area contributed by atoms with E-state index in [1.165, 1.54) is 6.26 Å². The summed E-state index contributed by atoms with van der Waals surface area (Å²) in [4.78, 5) is 0.694. The minimum absolute atomic E-state index is 0.683. The van der Waals surface area contributed by atoms with E-state index >= 15 is 0 Å². The van der Waals surface area contributed by atoms with Crippen LogP contribution in [0.2, 0.25) is 0 Å². The van der Waals surface area contributed by atoms with Crippen molar-refractivity contribution in [3.63, 3.8) is 0 Å². The molecule has 11 heavy (non-hydrogen) atoms. The van der Waals surface area contributed by atoms with Gasteiger partial charge in [0, 0.05) is 13.3 Å². The summed E-state index contributed by atoms with van der Waals surface area (Å²) in [5.41, 5.74) is 0. The zero-order valence-corrected chi connectivity index (χ0v) is 7.64. The summed E-state index contributed by atoms with van der Waals surface area (Å²) < 4.78 is 20.4. The summed E-state index contributed by atoms with van der Waals surface area (Å²) in [6.45, 7) is 1.78. The summed E-state index contributed by atoms with van der Waals surface area (Å²) in [5.74, 6) is 0.683. The molecule has 3 nitrogen and oxygen atoms in total. The Morgan fingerprint density at radius 1 is 1.64 bits per heavy atom. The van der Waals surface area contributed by atoms with Crippen molar-refractivity contribution in [1.29, 1.82) is 0 Å². The molecule has 0 aliphatic carbocycles. The second kappa shape index (κ2) is 2.70. The molecule has 0 radical (unpaired) electrons. The molecule has 0 amide bonds. The number of hydrogen-bond acceptors (Lipinski definition) is 3. The van der Waals surface area contributed by atoms with Gasteiger partial charge in [0.2, 0.25) is 0 Å². The quantitative estimate of drug-likeness (QED) is 0.648. The molecule has 4 heteroatoms. The van der Waals surface area contributed by atoms with Crippen LogP contribution in [0.4, 0.5) is 0 Å². The summed E-state index contributed by atoms with van der Waals surface area (Å²) in [6, 6.07) is 1.70. The third-order valence-electron chi connectivity index (χ3n) is 1.57. The van der Waals surface area contributed by atoms with Crippen molar-refractivity contribution in [1.82, 2.24) is 0 Å². The van der Waals surface area contributed by atoms with E-state index in [1.54, 1.807) is 26.3 Å². The third kappa shape index (κ3) is 1.45. The lowest BCUT2D eigenvalue weighted by Crippen LogP contribution is -1.96. The number of furan rings is 1. The van der Waals surface area contributed by atoms with Gasteiger partial charge in [-0.05, 0) is 13.0 Å². The maximum Gasteiger partial charge on any atom is 0.117 e. The van der Waals surface area contributed by atoms with Crippen LogP contribution in [0.5, 0.6) is 0 Å². The largest absolute Gasteiger partial charge is 0.468 e. The van der Waals surface area contributed by atoms with Crippen LogP contribution in [0.3, 0.4) is 0 Å². The van der Waals surface area contributed by atoms with Gasteiger partial charge in [0.05, 0.1) is 20.9 Å². The van der Waals surface area contributed by atoms with Gasteiger partial charge in [-0.1, -0.05) is 0 Å². The third-order valence-corrected chi connectivity index (χ3v) is 3.50. The second-order valence-corrected chi connectivity index (χ2v) is 4.74. The fourth-order valence-electron chi connectivity index (χ4n) is 0.865. The Hall–Kier alpha value is -0.770. The zero-order valence-electron chi connectivity index (χ0n) is 6.83. The Balaban J connectivity index is 3.34. The maximum absolute atomic E-state index is 11.6. The lowest BCUT2D eigenvalue weighted by atomic mass is 10.5. The highest BCUT2D eigenvalue weighted by Crippen LogP contribution is 2.16. The van der Waals surface area contributed by atoms with Crippen molar-refractivity contribution in [2.75, 3.05) is 13.3 Å². The second-order valence-electron chi connectivity index (χ2n) is 2.33. The molecule has 0 saturated carbocycles. The van der Waals surface area contributed by atoms with Crippen LogP contribution in [-0.2, 0) is 9.73 Å². The minimum atomic E-state index is -2.20.